The molecule has 0 saturated carbocycles. The molecule has 0 aliphatic rings. The van der Waals surface area contributed by atoms with E-state index < -0.39 is 0 Å². The molecule has 2 aromatic heterocycles. The van der Waals surface area contributed by atoms with Crippen molar-refractivity contribution < 1.29 is 0 Å². The Morgan fingerprint density at radius 2 is 2.05 bits per heavy atom. The first-order chi connectivity index (χ1) is 10.4. The number of hydrogen-bond donors (Lipinski definition) is 1. The number of nitrogens with one attached hydrogen (secondary N) is 1. The van der Waals surface area contributed by atoms with Gasteiger partial charge in [0.05, 0.1) is 11.0 Å². The molecule has 0 bridgehead atoms. The zero-order chi connectivity index (χ0) is 14.5. The minimum absolute atomic E-state index is 0.317. The summed E-state index contributed by atoms with van der Waals surface area (Å²) in [5.41, 5.74) is 3.23. The fraction of sp³-hybridized carbons (Fsp3) is 0.294. The number of nitrogens with zero attached hydrogens (tertiary/aromatic N) is 2. The summed E-state index contributed by atoms with van der Waals surface area (Å²) in [6.07, 6.45) is 5.68. The van der Waals surface area contributed by atoms with Crippen molar-refractivity contribution in [2.24, 2.45) is 0 Å². The summed E-state index contributed by atoms with van der Waals surface area (Å²) in [6.45, 7) is 3.10. The molecule has 1 N–H and O–H groups in total. The third kappa shape index (κ3) is 3.28. The Morgan fingerprint density at radius 3 is 2.86 bits per heavy atom. The van der Waals surface area contributed by atoms with Crippen LogP contribution in [0.2, 0.25) is 0 Å². The Morgan fingerprint density at radius 1 is 1.14 bits per heavy atom. The van der Waals surface area contributed by atoms with E-state index in [-0.39, 0.29) is 0 Å². The third-order valence-electron chi connectivity index (χ3n) is 3.62. The van der Waals surface area contributed by atoms with Crippen LogP contribution in [-0.2, 0) is 6.42 Å². The maximum Gasteiger partial charge on any atom is 0.0934 e. The van der Waals surface area contributed by atoms with E-state index in [4.69, 9.17) is 0 Å². The van der Waals surface area contributed by atoms with Crippen LogP contribution in [0.5, 0.6) is 0 Å². The van der Waals surface area contributed by atoms with Gasteiger partial charge >= 0.3 is 0 Å². The van der Waals surface area contributed by atoms with Crippen LogP contribution in [-0.4, -0.2) is 16.5 Å². The highest BCUT2D eigenvalue weighted by Gasteiger charge is 2.14. The smallest absolute Gasteiger partial charge is 0.0934 e. The largest absolute Gasteiger partial charge is 0.310 e. The van der Waals surface area contributed by atoms with Gasteiger partial charge in [-0.3, -0.25) is 9.97 Å². The molecule has 4 heteroatoms. The Kier molecular flexibility index (Phi) is 4.58. The molecule has 1 unspecified atom stereocenters. The van der Waals surface area contributed by atoms with Gasteiger partial charge in [0.25, 0.3) is 0 Å². The van der Waals surface area contributed by atoms with E-state index in [1.54, 1.807) is 12.4 Å². The van der Waals surface area contributed by atoms with Gasteiger partial charge in [-0.15, -0.1) is 11.3 Å². The van der Waals surface area contributed by atoms with Crippen molar-refractivity contribution in [2.75, 3.05) is 6.54 Å². The average Bonchev–Trinajstić information content (AvgIpc) is 3.04. The fourth-order valence-corrected chi connectivity index (χ4v) is 3.38. The van der Waals surface area contributed by atoms with Crippen molar-refractivity contribution in [3.63, 3.8) is 0 Å². The van der Waals surface area contributed by atoms with Gasteiger partial charge in [0, 0.05) is 23.3 Å². The monoisotopic (exact) mass is 297 g/mol. The van der Waals surface area contributed by atoms with Crippen LogP contribution in [0.25, 0.3) is 11.0 Å². The number of rotatable bonds is 6. The quantitative estimate of drug-likeness (QED) is 0.748. The van der Waals surface area contributed by atoms with Gasteiger partial charge < -0.3 is 5.32 Å². The minimum atomic E-state index is 0.317. The van der Waals surface area contributed by atoms with Crippen LogP contribution in [0.4, 0.5) is 0 Å². The number of benzene rings is 1. The van der Waals surface area contributed by atoms with E-state index >= 15 is 0 Å². The second-order valence-electron chi connectivity index (χ2n) is 5.00. The number of aromatic nitrogens is 2. The lowest BCUT2D eigenvalue weighted by atomic mass is 9.99. The maximum absolute atomic E-state index is 4.53. The van der Waals surface area contributed by atoms with Crippen LogP contribution in [0.1, 0.15) is 29.8 Å². The van der Waals surface area contributed by atoms with E-state index in [9.17, 15) is 0 Å². The molecule has 108 valence electrons. The van der Waals surface area contributed by atoms with Crippen molar-refractivity contribution >= 4 is 22.4 Å². The van der Waals surface area contributed by atoms with Crippen molar-refractivity contribution in [3.05, 3.63) is 58.5 Å². The average molecular weight is 297 g/mol. The molecule has 3 nitrogen and oxygen atoms in total. The predicted octanol–water partition coefficient (Wildman–Crippen LogP) is 3.97. The first-order valence-corrected chi connectivity index (χ1v) is 8.22. The van der Waals surface area contributed by atoms with Gasteiger partial charge in [-0.1, -0.05) is 25.1 Å². The summed E-state index contributed by atoms with van der Waals surface area (Å²) in [7, 11) is 0. The van der Waals surface area contributed by atoms with E-state index in [2.05, 4.69) is 51.9 Å². The molecule has 3 rings (SSSR count). The Balaban J connectivity index is 1.88. The van der Waals surface area contributed by atoms with E-state index in [0.29, 0.717) is 6.04 Å². The second-order valence-corrected chi connectivity index (χ2v) is 6.03. The van der Waals surface area contributed by atoms with Crippen LogP contribution < -0.4 is 5.32 Å². The van der Waals surface area contributed by atoms with E-state index in [1.165, 1.54) is 10.4 Å². The first kappa shape index (κ1) is 14.2. The molecule has 0 amide bonds. The molecule has 1 aromatic carbocycles. The van der Waals surface area contributed by atoms with E-state index in [0.717, 1.165) is 30.4 Å². The third-order valence-corrected chi connectivity index (χ3v) is 4.55. The second kappa shape index (κ2) is 6.78. The number of para-hydroxylation sites is 1. The molecule has 0 spiro atoms. The summed E-state index contributed by atoms with van der Waals surface area (Å²) in [4.78, 5) is 10.4. The number of aryl methyl sites for hydroxylation is 1. The first-order valence-electron chi connectivity index (χ1n) is 7.34. The highest BCUT2D eigenvalue weighted by atomic mass is 32.1. The van der Waals surface area contributed by atoms with Gasteiger partial charge in [0.15, 0.2) is 0 Å². The highest BCUT2D eigenvalue weighted by molar-refractivity contribution is 7.09. The summed E-state index contributed by atoms with van der Waals surface area (Å²) >= 11 is 1.83. The number of fused-ring (bicyclic) bond motifs is 1. The van der Waals surface area contributed by atoms with Crippen LogP contribution in [0.15, 0.2) is 48.1 Å². The molecular weight excluding hydrogens is 278 g/mol. The Hall–Kier alpha value is -1.78. The lowest BCUT2D eigenvalue weighted by Crippen LogP contribution is -2.22. The summed E-state index contributed by atoms with van der Waals surface area (Å²) < 4.78 is 0. The molecule has 0 saturated heterocycles. The molecular formula is C17H19N3S. The molecule has 3 aromatic rings. The highest BCUT2D eigenvalue weighted by Crippen LogP contribution is 2.25. The van der Waals surface area contributed by atoms with Gasteiger partial charge in [-0.2, -0.15) is 0 Å². The van der Waals surface area contributed by atoms with Crippen molar-refractivity contribution in [2.45, 2.75) is 25.8 Å². The molecule has 1 atom stereocenters. The fourth-order valence-electron chi connectivity index (χ4n) is 2.65. The summed E-state index contributed by atoms with van der Waals surface area (Å²) in [6, 6.07) is 10.9. The summed E-state index contributed by atoms with van der Waals surface area (Å²) in [5, 5.41) is 5.73. The molecule has 0 aliphatic carbocycles. The number of hydrogen-bond acceptors (Lipinski definition) is 4. The summed E-state index contributed by atoms with van der Waals surface area (Å²) in [5.74, 6) is 0. The van der Waals surface area contributed by atoms with Gasteiger partial charge in [0.1, 0.15) is 0 Å². The normalized spacial score (nSPS) is 12.6. The van der Waals surface area contributed by atoms with Crippen molar-refractivity contribution in [1.82, 2.24) is 15.3 Å². The zero-order valence-electron chi connectivity index (χ0n) is 12.1. The van der Waals surface area contributed by atoms with Crippen LogP contribution >= 0.6 is 11.3 Å². The molecule has 2 heterocycles. The molecule has 21 heavy (non-hydrogen) atoms. The SMILES string of the molecule is CCNC(CCc1cccs1)c1cccc2nccnc12. The van der Waals surface area contributed by atoms with Crippen LogP contribution in [0, 0.1) is 0 Å². The van der Waals surface area contributed by atoms with Gasteiger partial charge in [-0.25, -0.2) is 0 Å². The lowest BCUT2D eigenvalue weighted by Gasteiger charge is -2.19. The van der Waals surface area contributed by atoms with Crippen molar-refractivity contribution in [3.8, 4) is 0 Å². The van der Waals surface area contributed by atoms with Crippen LogP contribution in [0.3, 0.4) is 0 Å². The Labute approximate surface area is 129 Å². The lowest BCUT2D eigenvalue weighted by molar-refractivity contribution is 0.519. The molecule has 0 fully saturated rings. The molecule has 0 radical (unpaired) electrons. The minimum Gasteiger partial charge on any atom is -0.310 e. The van der Waals surface area contributed by atoms with Gasteiger partial charge in [-0.05, 0) is 42.5 Å². The zero-order valence-corrected chi connectivity index (χ0v) is 12.9. The maximum atomic E-state index is 4.53. The Bertz CT molecular complexity index is 689. The van der Waals surface area contributed by atoms with E-state index in [1.807, 2.05) is 17.4 Å². The van der Waals surface area contributed by atoms with Crippen molar-refractivity contribution in [1.29, 1.82) is 0 Å². The predicted molar refractivity (Wildman–Crippen MR) is 88.6 cm³/mol. The topological polar surface area (TPSA) is 37.8 Å². The standard InChI is InChI=1S/C17H19N3S/c1-2-18-15(9-8-13-5-4-12-21-13)14-6-3-7-16-17(14)20-11-10-19-16/h3-7,10-12,15,18H,2,8-9H2,1H3. The molecule has 0 aliphatic heterocycles. The van der Waals surface area contributed by atoms with Gasteiger partial charge in [0.2, 0.25) is 0 Å². The number of thiophene rings is 1.